The topological polar surface area (TPSA) is 164 Å². The lowest BCUT2D eigenvalue weighted by molar-refractivity contribution is -0.870. The molecule has 0 aromatic carbocycles. The predicted molar refractivity (Wildman–Crippen MR) is 223 cm³/mol. The lowest BCUT2D eigenvalue weighted by Crippen LogP contribution is -2.38. The zero-order valence-corrected chi connectivity index (χ0v) is 37.1. The smallest absolute Gasteiger partial charge is 0.377 e. The first-order valence-corrected chi connectivity index (χ1v) is 23.7. The number of Topliss-reactive ketones (excluding diaryl/α,β-unsaturated/α-hetero) is 1. The molecule has 1 saturated carbocycles. The third kappa shape index (κ3) is 25.5. The second-order valence-corrected chi connectivity index (χ2v) is 18.5. The number of nitrogens with zero attached hydrogens (tertiary/aromatic N) is 1. The maximum Gasteiger partial charge on any atom is 0.377 e. The summed E-state index contributed by atoms with van der Waals surface area (Å²) < 4.78 is 27.6. The number of phosphoric ester groups is 1. The standard InChI is InChI=1S/C44H78NO11P/c1-6-8-10-12-14-15-16-17-18-19-20-22-24-28-43(48)52-34-36(35-54-57(50,51)53-31-30-45(3,4)5)55-44(49)29-25-27-41-42(56-41)32-38-37(39(46)33-40(38)47)26-23-21-13-11-9-7-2/h21,23,32,36-37,39,41-42,46H,6-20,22,24-31,33-35H2,1-5H3/p+1/b23-21-,38-32-/t36-,37-,39-,41?,42?/m1/s1. The van der Waals surface area contributed by atoms with Gasteiger partial charge >= 0.3 is 20.1 Å². The van der Waals surface area contributed by atoms with Crippen molar-refractivity contribution in [2.75, 3.05) is 47.5 Å². The highest BCUT2D eigenvalue weighted by Gasteiger charge is 2.42. The molecule has 330 valence electrons. The quantitative estimate of drug-likeness (QED) is 0.0121. The number of hydrogen-bond donors (Lipinski definition) is 2. The number of ketones is 1. The van der Waals surface area contributed by atoms with E-state index in [0.29, 0.717) is 42.3 Å². The van der Waals surface area contributed by atoms with Gasteiger partial charge in [0.25, 0.3) is 0 Å². The number of epoxide rings is 1. The molecule has 2 aliphatic rings. The molecule has 12 nitrogen and oxygen atoms in total. The van der Waals surface area contributed by atoms with Gasteiger partial charge in [-0.1, -0.05) is 116 Å². The van der Waals surface area contributed by atoms with Gasteiger partial charge in [-0.3, -0.25) is 14.4 Å². The van der Waals surface area contributed by atoms with Gasteiger partial charge in [0.2, 0.25) is 0 Å². The minimum Gasteiger partial charge on any atom is -0.606 e. The Balaban J connectivity index is 1.76. The van der Waals surface area contributed by atoms with E-state index in [2.05, 4.69) is 26.0 Å². The molecule has 0 amide bonds. The van der Waals surface area contributed by atoms with E-state index in [9.17, 15) is 29.3 Å². The summed E-state index contributed by atoms with van der Waals surface area (Å²) in [5, 5.41) is 10.5. The fourth-order valence-corrected chi connectivity index (χ4v) is 7.69. The van der Waals surface area contributed by atoms with Gasteiger partial charge in [-0.05, 0) is 50.2 Å². The molecule has 13 heteroatoms. The molecule has 2 fully saturated rings. The number of hydrogen-bond acceptors (Lipinski definition) is 11. The number of likely N-dealkylation sites (N-methyl/N-ethyl adjacent to an activating group) is 1. The van der Waals surface area contributed by atoms with E-state index in [1.807, 2.05) is 27.2 Å². The molecule has 3 unspecified atom stereocenters. The summed E-state index contributed by atoms with van der Waals surface area (Å²) in [6.07, 6.45) is 26.0. The van der Waals surface area contributed by atoms with Gasteiger partial charge in [0.1, 0.15) is 32.5 Å². The Hall–Kier alpha value is -1.76. The summed E-state index contributed by atoms with van der Waals surface area (Å²) in [6, 6.07) is 0. The van der Waals surface area contributed by atoms with E-state index >= 15 is 0 Å². The van der Waals surface area contributed by atoms with Crippen LogP contribution in [0, 0.1) is 5.92 Å². The fourth-order valence-electron chi connectivity index (χ4n) is 6.95. The van der Waals surface area contributed by atoms with Crippen LogP contribution in [0.2, 0.25) is 0 Å². The van der Waals surface area contributed by atoms with Crippen molar-refractivity contribution in [1.82, 2.24) is 0 Å². The largest absolute Gasteiger partial charge is 0.606 e. The molecular formula is C44H79NO11P+. The number of allylic oxidation sites excluding steroid dienone is 2. The lowest BCUT2D eigenvalue weighted by Gasteiger charge is -2.26. The molecule has 0 radical (unpaired) electrons. The number of quaternary nitrogens is 1. The van der Waals surface area contributed by atoms with Gasteiger partial charge in [0.15, 0.2) is 11.9 Å². The summed E-state index contributed by atoms with van der Waals surface area (Å²) in [5.41, 5.74) is 0.627. The summed E-state index contributed by atoms with van der Waals surface area (Å²) >= 11 is 0. The first-order chi connectivity index (χ1) is 27.2. The van der Waals surface area contributed by atoms with Crippen molar-refractivity contribution in [3.05, 3.63) is 23.8 Å². The zero-order chi connectivity index (χ0) is 41.9. The number of ether oxygens (including phenoxy) is 3. The maximum absolute atomic E-state index is 12.9. The molecule has 0 spiro atoms. The Bertz CT molecular complexity index is 1190. The highest BCUT2D eigenvalue weighted by molar-refractivity contribution is 7.52. The number of carbonyl (C=O) groups excluding carboxylic acids is 3. The molecule has 2 N–H and O–H groups in total. The van der Waals surface area contributed by atoms with E-state index in [0.717, 1.165) is 38.5 Å². The van der Waals surface area contributed by atoms with Crippen LogP contribution in [0.5, 0.6) is 0 Å². The molecule has 6 atom stereocenters. The van der Waals surface area contributed by atoms with Crippen molar-refractivity contribution < 1.29 is 57.0 Å². The van der Waals surface area contributed by atoms with E-state index < -0.39 is 38.9 Å². The van der Waals surface area contributed by atoms with E-state index in [4.69, 9.17) is 23.3 Å². The summed E-state index contributed by atoms with van der Waals surface area (Å²) in [5.74, 6) is -1.27. The average molecular weight is 829 g/mol. The minimum absolute atomic E-state index is 0.0116. The van der Waals surface area contributed by atoms with Crippen LogP contribution in [0.1, 0.15) is 162 Å². The van der Waals surface area contributed by atoms with Crippen molar-refractivity contribution in [2.45, 2.75) is 186 Å². The Morgan fingerprint density at radius 1 is 0.842 bits per heavy atom. The second-order valence-electron chi connectivity index (χ2n) is 17.1. The molecule has 2 rings (SSSR count). The van der Waals surface area contributed by atoms with Crippen molar-refractivity contribution in [3.8, 4) is 0 Å². The van der Waals surface area contributed by atoms with E-state index in [1.165, 1.54) is 64.2 Å². The van der Waals surface area contributed by atoms with Crippen LogP contribution in [-0.2, 0) is 37.6 Å². The number of esters is 2. The third-order valence-electron chi connectivity index (χ3n) is 10.6. The van der Waals surface area contributed by atoms with Gasteiger partial charge < -0.3 is 28.7 Å². The van der Waals surface area contributed by atoms with Crippen LogP contribution in [0.25, 0.3) is 0 Å². The lowest BCUT2D eigenvalue weighted by atomic mass is 9.95. The van der Waals surface area contributed by atoms with Crippen molar-refractivity contribution >= 4 is 25.9 Å². The van der Waals surface area contributed by atoms with Gasteiger partial charge in [-0.2, -0.15) is 13.9 Å². The molecule has 0 bridgehead atoms. The van der Waals surface area contributed by atoms with Crippen molar-refractivity contribution in [3.63, 3.8) is 0 Å². The molecule has 0 aromatic rings. The van der Waals surface area contributed by atoms with E-state index in [-0.39, 0.29) is 56.4 Å². The van der Waals surface area contributed by atoms with Gasteiger partial charge in [-0.15, -0.1) is 0 Å². The highest BCUT2D eigenvalue weighted by Crippen LogP contribution is 2.47. The maximum atomic E-state index is 12.9. The van der Waals surface area contributed by atoms with Gasteiger partial charge in [0.05, 0.1) is 33.4 Å². The van der Waals surface area contributed by atoms with Crippen LogP contribution in [-0.4, -0.2) is 104 Å². The number of phosphoric acid groups is 1. The Kier molecular flexibility index (Phi) is 26.6. The van der Waals surface area contributed by atoms with E-state index in [1.54, 1.807) is 0 Å². The third-order valence-corrected chi connectivity index (χ3v) is 11.6. The van der Waals surface area contributed by atoms with Crippen molar-refractivity contribution in [2.24, 2.45) is 5.92 Å². The van der Waals surface area contributed by atoms with Crippen LogP contribution in [0.4, 0.5) is 0 Å². The zero-order valence-electron chi connectivity index (χ0n) is 36.2. The molecule has 57 heavy (non-hydrogen) atoms. The highest BCUT2D eigenvalue weighted by atomic mass is 31.2. The van der Waals surface area contributed by atoms with Crippen LogP contribution >= 0.6 is 8.17 Å². The summed E-state index contributed by atoms with van der Waals surface area (Å²) in [7, 11) is 1.33. The SMILES string of the molecule is CCCCC/C=C\C[C@@H]1/C(=C/C2OC2CCCC(=O)O[C@H](COC(=O)CCCCCCCCCCCCCCC)CO[P+]([O-])(O)OCC[N+](C)(C)C)C(=O)C[C@H]1O. The molecule has 0 aromatic heterocycles. The summed E-state index contributed by atoms with van der Waals surface area (Å²) in [6.45, 7) is 4.08. The average Bonchev–Trinajstić information content (AvgIpc) is 3.83. The first-order valence-electron chi connectivity index (χ1n) is 22.3. The van der Waals surface area contributed by atoms with Crippen LogP contribution in [0.15, 0.2) is 23.8 Å². The van der Waals surface area contributed by atoms with Crippen molar-refractivity contribution in [1.29, 1.82) is 0 Å². The monoisotopic (exact) mass is 829 g/mol. The normalized spacial score (nSPS) is 22.0. The number of carbonyl (C=O) groups is 3. The van der Waals surface area contributed by atoms with Gasteiger partial charge in [0, 0.05) is 25.2 Å². The molecule has 1 aliphatic heterocycles. The number of aliphatic hydroxyl groups is 1. The molecular weight excluding hydrogens is 749 g/mol. The predicted octanol–water partition coefficient (Wildman–Crippen LogP) is 8.03. The van der Waals surface area contributed by atoms with Crippen LogP contribution in [0.3, 0.4) is 0 Å². The minimum atomic E-state index is -4.45. The number of aliphatic hydroxyl groups excluding tert-OH is 1. The number of unbranched alkanes of at least 4 members (excludes halogenated alkanes) is 15. The molecule has 1 aliphatic carbocycles. The fraction of sp³-hybridized carbons (Fsp3) is 0.841. The Morgan fingerprint density at radius 3 is 2.07 bits per heavy atom. The second kappa shape index (κ2) is 29.5. The Labute approximate surface area is 345 Å². The number of rotatable bonds is 35. The molecule has 1 saturated heterocycles. The van der Waals surface area contributed by atoms with Crippen LogP contribution < -0.4 is 4.89 Å². The molecule has 1 heterocycles. The Morgan fingerprint density at radius 2 is 1.44 bits per heavy atom. The first kappa shape index (κ1) is 51.4. The summed E-state index contributed by atoms with van der Waals surface area (Å²) in [4.78, 5) is 60.8. The van der Waals surface area contributed by atoms with Gasteiger partial charge in [-0.25, -0.2) is 0 Å².